The van der Waals surface area contributed by atoms with Crippen molar-refractivity contribution < 1.29 is 14.2 Å². The summed E-state index contributed by atoms with van der Waals surface area (Å²) < 4.78 is 16.3. The summed E-state index contributed by atoms with van der Waals surface area (Å²) in [5, 5.41) is 10.4. The molecule has 4 unspecified atom stereocenters. The molecule has 600 valence electrons. The molecular formula is C94H191N3O3. The predicted molar refractivity (Wildman–Crippen MR) is 448 cm³/mol. The minimum absolute atomic E-state index is 0.348. The first-order valence-electron chi connectivity index (χ1n) is 44.0. The lowest BCUT2D eigenvalue weighted by Crippen LogP contribution is -2.43. The van der Waals surface area contributed by atoms with E-state index in [-0.39, 0.29) is 0 Å². The second-order valence-corrected chi connectivity index (χ2v) is 44.7. The van der Waals surface area contributed by atoms with Crippen molar-refractivity contribution in [3.63, 3.8) is 0 Å². The first kappa shape index (κ1) is 97.8. The first-order valence-corrected chi connectivity index (χ1v) is 44.0. The molecule has 10 rings (SSSR count). The number of nitrogens with one attached hydrogen (secondary N) is 3. The van der Waals surface area contributed by atoms with Crippen molar-refractivity contribution in [2.45, 2.75) is 438 Å². The lowest BCUT2D eigenvalue weighted by Gasteiger charge is -2.34. The highest BCUT2D eigenvalue weighted by Gasteiger charge is 2.33. The second kappa shape index (κ2) is 48.3. The third-order valence-corrected chi connectivity index (χ3v) is 25.7. The van der Waals surface area contributed by atoms with E-state index in [0.29, 0.717) is 60.3 Å². The Morgan fingerprint density at radius 1 is 0.210 bits per heavy atom. The smallest absolute Gasteiger partial charge is 0.0623 e. The molecule has 0 amide bonds. The van der Waals surface area contributed by atoms with Crippen molar-refractivity contribution in [1.29, 1.82) is 0 Å². The summed E-state index contributed by atoms with van der Waals surface area (Å²) in [6.45, 7) is 81.2. The Balaban J connectivity index is 0.000000556. The van der Waals surface area contributed by atoms with Crippen LogP contribution in [0.15, 0.2) is 0 Å². The van der Waals surface area contributed by atoms with Gasteiger partial charge in [-0.2, -0.15) is 0 Å². The van der Waals surface area contributed by atoms with Crippen LogP contribution >= 0.6 is 0 Å². The van der Waals surface area contributed by atoms with Gasteiger partial charge >= 0.3 is 0 Å². The van der Waals surface area contributed by atoms with Crippen molar-refractivity contribution in [3.8, 4) is 0 Å². The summed E-state index contributed by atoms with van der Waals surface area (Å²) >= 11 is 0. The van der Waals surface area contributed by atoms with E-state index in [1.807, 2.05) is 0 Å². The molecule has 6 heterocycles. The van der Waals surface area contributed by atoms with E-state index in [4.69, 9.17) is 14.2 Å². The molecule has 4 saturated carbocycles. The Morgan fingerprint density at radius 2 is 0.540 bits per heavy atom. The van der Waals surface area contributed by atoms with E-state index in [9.17, 15) is 0 Å². The van der Waals surface area contributed by atoms with Crippen molar-refractivity contribution in [2.75, 3.05) is 65.8 Å². The van der Waals surface area contributed by atoms with Gasteiger partial charge in [0.05, 0.1) is 6.10 Å². The fourth-order valence-corrected chi connectivity index (χ4v) is 17.2. The molecule has 6 nitrogen and oxygen atoms in total. The van der Waals surface area contributed by atoms with Crippen LogP contribution in [0.25, 0.3) is 0 Å². The van der Waals surface area contributed by atoms with Gasteiger partial charge in [0, 0.05) is 39.1 Å². The van der Waals surface area contributed by atoms with Crippen LogP contribution in [0.1, 0.15) is 426 Å². The average Bonchev–Trinajstić information content (AvgIpc) is 1.11. The van der Waals surface area contributed by atoms with Gasteiger partial charge in [0.1, 0.15) is 0 Å². The van der Waals surface area contributed by atoms with Gasteiger partial charge in [-0.3, -0.25) is 0 Å². The predicted octanol–water partition coefficient (Wildman–Crippen LogP) is 28.2. The number of hydrogen-bond acceptors (Lipinski definition) is 6. The van der Waals surface area contributed by atoms with Crippen LogP contribution in [0.5, 0.6) is 0 Å². The van der Waals surface area contributed by atoms with Gasteiger partial charge < -0.3 is 30.2 Å². The highest BCUT2D eigenvalue weighted by Crippen LogP contribution is 2.42. The van der Waals surface area contributed by atoms with E-state index >= 15 is 0 Å². The first-order chi connectivity index (χ1) is 46.1. The van der Waals surface area contributed by atoms with Gasteiger partial charge in [-0.15, -0.1) is 0 Å². The van der Waals surface area contributed by atoms with Crippen LogP contribution in [-0.2, 0) is 14.2 Å². The Kier molecular flexibility index (Phi) is 47.2. The van der Waals surface area contributed by atoms with E-state index < -0.39 is 0 Å². The van der Waals surface area contributed by atoms with Gasteiger partial charge in [-0.25, -0.2) is 0 Å². The second-order valence-electron chi connectivity index (χ2n) is 44.7. The summed E-state index contributed by atoms with van der Waals surface area (Å²) in [5.74, 6) is 7.49. The maximum absolute atomic E-state index is 5.64. The summed E-state index contributed by atoms with van der Waals surface area (Å²) in [6.07, 6.45) is 48.6. The van der Waals surface area contributed by atoms with E-state index in [1.54, 1.807) is 0 Å². The van der Waals surface area contributed by atoms with E-state index in [2.05, 4.69) is 224 Å². The molecule has 0 bridgehead atoms. The fourth-order valence-electron chi connectivity index (χ4n) is 17.2. The number of ether oxygens (including phenoxy) is 3. The molecule has 10 fully saturated rings. The van der Waals surface area contributed by atoms with Gasteiger partial charge in [-0.1, -0.05) is 291 Å². The molecule has 0 aromatic heterocycles. The van der Waals surface area contributed by atoms with Crippen molar-refractivity contribution in [1.82, 2.24) is 16.0 Å². The van der Waals surface area contributed by atoms with Crippen LogP contribution in [0.3, 0.4) is 0 Å². The molecule has 6 saturated heterocycles. The molecule has 6 aliphatic heterocycles. The molecule has 3 N–H and O–H groups in total. The molecule has 4 aliphatic carbocycles. The summed E-state index contributed by atoms with van der Waals surface area (Å²) in [6, 6.07) is 0.751. The van der Waals surface area contributed by atoms with Crippen molar-refractivity contribution in [2.24, 2.45) is 101 Å². The molecule has 0 radical (unpaired) electrons. The molecule has 0 aromatic rings. The van der Waals surface area contributed by atoms with Gasteiger partial charge in [0.25, 0.3) is 0 Å². The monoisotopic (exact) mass is 1410 g/mol. The maximum Gasteiger partial charge on any atom is 0.0623 e. The summed E-state index contributed by atoms with van der Waals surface area (Å²) in [7, 11) is 0. The molecule has 4 atom stereocenters. The quantitative estimate of drug-likeness (QED) is 0.225. The van der Waals surface area contributed by atoms with Crippen LogP contribution < -0.4 is 16.0 Å². The Morgan fingerprint density at radius 3 is 0.750 bits per heavy atom. The topological polar surface area (TPSA) is 63.8 Å². The van der Waals surface area contributed by atoms with Crippen molar-refractivity contribution in [3.05, 3.63) is 0 Å². The highest BCUT2D eigenvalue weighted by atomic mass is 16.5. The zero-order chi connectivity index (χ0) is 76.1. The SMILES string of the molecule is CC(C)(C)C1CCCCC1.CC(C)(C)C1CCCCC1.CC(C)(C)C1CCCCC1.CC(C)(C)C1CCCCC1.CC(C)(C)C1CCCCN1.CC(C)(C)C1CCCCO1.CC(C)(C)C1CCCNC1.CC(C)(C)C1CCCOC1.CC(C)(C)C1CCNCC1.CC(C)(C)C1CCOCC1. The molecule has 0 aromatic carbocycles. The molecular weight excluding hydrogens is 1220 g/mol. The van der Waals surface area contributed by atoms with E-state index in [0.717, 1.165) is 86.4 Å². The average molecular weight is 1410 g/mol. The number of piperidine rings is 3. The third kappa shape index (κ3) is 46.9. The van der Waals surface area contributed by atoms with Crippen molar-refractivity contribution >= 4 is 0 Å². The lowest BCUT2D eigenvalue weighted by molar-refractivity contribution is -0.0474. The minimum Gasteiger partial charge on any atom is -0.381 e. The Hall–Kier alpha value is -0.240. The largest absolute Gasteiger partial charge is 0.381 e. The maximum atomic E-state index is 5.64. The number of hydrogen-bond donors (Lipinski definition) is 3. The standard InChI is InChI=1S/4C10H20.3C9H19N.3C9H18O/c4*1-10(2,3)9-7-5-4-6-8-9;1-9(2,3)8-4-6-10-7-5-8;1-9(2,3)8-5-4-6-10-7-8;1-9(2,3)8-6-4-5-7-10-8;1-9(2,3)8-4-6-10-7-5-8;1-9(2,3)8-5-4-6-10-7-8;1-9(2,3)8-6-4-5-7-10-8/h4*9H,4-8H2,1-3H3;3*8,10H,4-7H2,1-3H3;3*8H,4-7H2,1-3H3. The molecule has 100 heavy (non-hydrogen) atoms. The van der Waals surface area contributed by atoms with Crippen LogP contribution in [0, 0.1) is 101 Å². The van der Waals surface area contributed by atoms with Crippen LogP contribution in [-0.4, -0.2) is 77.9 Å². The zero-order valence-corrected chi connectivity index (χ0v) is 74.6. The molecule has 10 aliphatic rings. The molecule has 0 spiro atoms. The summed E-state index contributed by atoms with van der Waals surface area (Å²) in [5.41, 5.74) is 5.06. The number of rotatable bonds is 0. The minimum atomic E-state index is 0.348. The highest BCUT2D eigenvalue weighted by molar-refractivity contribution is 4.86. The normalized spacial score (nSPS) is 25.3. The zero-order valence-electron chi connectivity index (χ0n) is 74.6. The Bertz CT molecular complexity index is 1410. The van der Waals surface area contributed by atoms with Gasteiger partial charge in [0.15, 0.2) is 0 Å². The fraction of sp³-hybridized carbons (Fsp3) is 1.00. The van der Waals surface area contributed by atoms with Crippen LogP contribution in [0.2, 0.25) is 0 Å². The summed E-state index contributed by atoms with van der Waals surface area (Å²) in [4.78, 5) is 0. The lowest BCUT2D eigenvalue weighted by atomic mass is 9.72. The van der Waals surface area contributed by atoms with Gasteiger partial charge in [-0.05, 0) is 269 Å². The van der Waals surface area contributed by atoms with Gasteiger partial charge in [0.2, 0.25) is 0 Å². The van der Waals surface area contributed by atoms with Crippen LogP contribution in [0.4, 0.5) is 0 Å². The third-order valence-electron chi connectivity index (χ3n) is 25.7. The van der Waals surface area contributed by atoms with E-state index in [1.165, 1.54) is 251 Å². The Labute approximate surface area is 632 Å². The molecule has 6 heteroatoms.